The van der Waals surface area contributed by atoms with E-state index in [-0.39, 0.29) is 6.03 Å². The highest BCUT2D eigenvalue weighted by Gasteiger charge is 2.30. The molecule has 1 aliphatic heterocycles. The van der Waals surface area contributed by atoms with Gasteiger partial charge in [0.05, 0.1) is 19.1 Å². The predicted molar refractivity (Wildman–Crippen MR) is 66.3 cm³/mol. The number of amides is 2. The summed E-state index contributed by atoms with van der Waals surface area (Å²) in [6.45, 7) is 5.86. The quantitative estimate of drug-likeness (QED) is 0.519. The number of hydrogen-bond donors (Lipinski definition) is 2. The lowest BCUT2D eigenvalue weighted by molar-refractivity contribution is -0.141. The van der Waals surface area contributed by atoms with Crippen molar-refractivity contribution in [2.75, 3.05) is 32.8 Å². The summed E-state index contributed by atoms with van der Waals surface area (Å²) in [7, 11) is 0. The van der Waals surface area contributed by atoms with Gasteiger partial charge in [0.15, 0.2) is 0 Å². The van der Waals surface area contributed by atoms with Crippen LogP contribution in [0.3, 0.4) is 0 Å². The maximum atomic E-state index is 11.7. The molecule has 6 nitrogen and oxygen atoms in total. The molecule has 0 aliphatic carbocycles. The Morgan fingerprint density at radius 2 is 2.28 bits per heavy atom. The Bertz CT molecular complexity index is 306. The summed E-state index contributed by atoms with van der Waals surface area (Å²) in [5.41, 5.74) is 0. The van der Waals surface area contributed by atoms with Crippen LogP contribution in [0.15, 0.2) is 12.7 Å². The van der Waals surface area contributed by atoms with E-state index in [2.05, 4.69) is 11.9 Å². The molecule has 0 radical (unpaired) electrons. The van der Waals surface area contributed by atoms with Crippen molar-refractivity contribution >= 4 is 12.0 Å². The summed E-state index contributed by atoms with van der Waals surface area (Å²) >= 11 is 0. The van der Waals surface area contributed by atoms with Crippen LogP contribution in [0, 0.1) is 5.92 Å². The topological polar surface area (TPSA) is 78.9 Å². The lowest BCUT2D eigenvalue weighted by Gasteiger charge is -2.16. The van der Waals surface area contributed by atoms with Crippen molar-refractivity contribution in [3.05, 3.63) is 12.7 Å². The number of likely N-dealkylation sites (tertiary alicyclic amines) is 1. The van der Waals surface area contributed by atoms with Gasteiger partial charge in [-0.05, 0) is 12.8 Å². The fourth-order valence-corrected chi connectivity index (χ4v) is 1.76. The Hall–Kier alpha value is -1.56. The molecule has 102 valence electrons. The molecule has 2 N–H and O–H groups in total. The molecule has 0 spiro atoms. The smallest absolute Gasteiger partial charge is 0.317 e. The van der Waals surface area contributed by atoms with Crippen molar-refractivity contribution < 1.29 is 19.4 Å². The van der Waals surface area contributed by atoms with Gasteiger partial charge in [0.2, 0.25) is 0 Å². The molecular formula is C12H20N2O4. The van der Waals surface area contributed by atoms with Crippen LogP contribution in [-0.2, 0) is 9.53 Å². The third kappa shape index (κ3) is 4.75. The van der Waals surface area contributed by atoms with Crippen molar-refractivity contribution in [3.63, 3.8) is 0 Å². The first-order chi connectivity index (χ1) is 8.65. The van der Waals surface area contributed by atoms with Gasteiger partial charge in [-0.2, -0.15) is 0 Å². The number of nitrogens with one attached hydrogen (secondary N) is 1. The van der Waals surface area contributed by atoms with E-state index in [0.29, 0.717) is 39.3 Å². The number of carbonyl (C=O) groups excluding carboxylic acids is 1. The van der Waals surface area contributed by atoms with Crippen LogP contribution in [0.4, 0.5) is 4.79 Å². The van der Waals surface area contributed by atoms with Gasteiger partial charge in [-0.25, -0.2) is 4.79 Å². The van der Waals surface area contributed by atoms with Crippen molar-refractivity contribution in [2.24, 2.45) is 5.92 Å². The zero-order chi connectivity index (χ0) is 13.4. The standard InChI is InChI=1S/C12H20N2O4/c1-2-3-7-18-8-5-13-12(17)14-6-4-10(9-14)11(15)16/h2,10H,1,3-9H2,(H,13,17)(H,15,16). The fourth-order valence-electron chi connectivity index (χ4n) is 1.76. The van der Waals surface area contributed by atoms with Crippen molar-refractivity contribution in [1.29, 1.82) is 0 Å². The molecule has 1 unspecified atom stereocenters. The second-order valence-electron chi connectivity index (χ2n) is 4.19. The Labute approximate surface area is 107 Å². The molecule has 0 aromatic carbocycles. The highest BCUT2D eigenvalue weighted by molar-refractivity contribution is 5.77. The number of nitrogens with zero attached hydrogens (tertiary/aromatic N) is 1. The Morgan fingerprint density at radius 1 is 1.50 bits per heavy atom. The zero-order valence-electron chi connectivity index (χ0n) is 10.4. The highest BCUT2D eigenvalue weighted by Crippen LogP contribution is 2.15. The zero-order valence-corrected chi connectivity index (χ0v) is 10.4. The summed E-state index contributed by atoms with van der Waals surface area (Å²) in [5.74, 6) is -1.27. The first kappa shape index (κ1) is 14.5. The average molecular weight is 256 g/mol. The average Bonchev–Trinajstić information content (AvgIpc) is 2.83. The van der Waals surface area contributed by atoms with Crippen molar-refractivity contribution in [1.82, 2.24) is 10.2 Å². The lowest BCUT2D eigenvalue weighted by atomic mass is 10.1. The molecule has 1 heterocycles. The molecule has 6 heteroatoms. The second kappa shape index (κ2) is 7.71. The maximum Gasteiger partial charge on any atom is 0.317 e. The predicted octanol–water partition coefficient (Wildman–Crippen LogP) is 0.695. The van der Waals surface area contributed by atoms with Crippen molar-refractivity contribution in [3.8, 4) is 0 Å². The first-order valence-electron chi connectivity index (χ1n) is 6.09. The van der Waals surface area contributed by atoms with E-state index in [9.17, 15) is 9.59 Å². The minimum Gasteiger partial charge on any atom is -0.481 e. The highest BCUT2D eigenvalue weighted by atomic mass is 16.5. The van der Waals surface area contributed by atoms with Crippen LogP contribution in [0.2, 0.25) is 0 Å². The van der Waals surface area contributed by atoms with Gasteiger partial charge in [-0.3, -0.25) is 4.79 Å². The normalized spacial score (nSPS) is 18.7. The molecule has 0 bridgehead atoms. The fraction of sp³-hybridized carbons (Fsp3) is 0.667. The summed E-state index contributed by atoms with van der Waals surface area (Å²) in [4.78, 5) is 23.9. The molecule has 2 amide bonds. The van der Waals surface area contributed by atoms with Gasteiger partial charge < -0.3 is 20.1 Å². The van der Waals surface area contributed by atoms with E-state index in [0.717, 1.165) is 6.42 Å². The number of carboxylic acids is 1. The van der Waals surface area contributed by atoms with Crippen LogP contribution >= 0.6 is 0 Å². The number of urea groups is 1. The SMILES string of the molecule is C=CCCOCCNC(=O)N1CCC(C(=O)O)C1. The number of aliphatic carboxylic acids is 1. The number of hydrogen-bond acceptors (Lipinski definition) is 3. The van der Waals surface area contributed by atoms with E-state index >= 15 is 0 Å². The summed E-state index contributed by atoms with van der Waals surface area (Å²) in [6, 6.07) is -0.217. The summed E-state index contributed by atoms with van der Waals surface area (Å²) in [5, 5.41) is 11.5. The molecule has 0 saturated carbocycles. The molecule has 18 heavy (non-hydrogen) atoms. The molecule has 1 atom stereocenters. The van der Waals surface area contributed by atoms with Gasteiger partial charge in [0.1, 0.15) is 0 Å². The van der Waals surface area contributed by atoms with E-state index in [1.54, 1.807) is 6.08 Å². The Kier molecular flexibility index (Phi) is 6.21. The van der Waals surface area contributed by atoms with E-state index in [4.69, 9.17) is 9.84 Å². The second-order valence-corrected chi connectivity index (χ2v) is 4.19. The minimum atomic E-state index is -0.835. The van der Waals surface area contributed by atoms with Crippen LogP contribution < -0.4 is 5.32 Å². The third-order valence-electron chi connectivity index (χ3n) is 2.81. The monoisotopic (exact) mass is 256 g/mol. The molecule has 1 saturated heterocycles. The summed E-state index contributed by atoms with van der Waals surface area (Å²) < 4.78 is 5.25. The number of carbonyl (C=O) groups is 2. The molecule has 1 aliphatic rings. The van der Waals surface area contributed by atoms with Gasteiger partial charge in [-0.15, -0.1) is 6.58 Å². The Balaban J connectivity index is 2.10. The van der Waals surface area contributed by atoms with Gasteiger partial charge in [0.25, 0.3) is 0 Å². The molecular weight excluding hydrogens is 236 g/mol. The number of ether oxygens (including phenoxy) is 1. The maximum absolute atomic E-state index is 11.7. The molecule has 1 rings (SSSR count). The van der Waals surface area contributed by atoms with E-state index in [1.165, 1.54) is 4.90 Å². The molecule has 0 aromatic heterocycles. The van der Waals surface area contributed by atoms with Crippen LogP contribution in [0.5, 0.6) is 0 Å². The van der Waals surface area contributed by atoms with E-state index < -0.39 is 11.9 Å². The van der Waals surface area contributed by atoms with Crippen LogP contribution in [0.25, 0.3) is 0 Å². The van der Waals surface area contributed by atoms with Gasteiger partial charge >= 0.3 is 12.0 Å². The minimum absolute atomic E-state index is 0.217. The van der Waals surface area contributed by atoms with Gasteiger partial charge in [-0.1, -0.05) is 6.08 Å². The lowest BCUT2D eigenvalue weighted by Crippen LogP contribution is -2.40. The van der Waals surface area contributed by atoms with Crippen molar-refractivity contribution in [2.45, 2.75) is 12.8 Å². The van der Waals surface area contributed by atoms with Crippen LogP contribution in [-0.4, -0.2) is 54.9 Å². The summed E-state index contributed by atoms with van der Waals surface area (Å²) in [6.07, 6.45) is 3.09. The number of rotatable bonds is 7. The first-order valence-corrected chi connectivity index (χ1v) is 6.09. The van der Waals surface area contributed by atoms with Crippen LogP contribution in [0.1, 0.15) is 12.8 Å². The third-order valence-corrected chi connectivity index (χ3v) is 2.81. The molecule has 1 fully saturated rings. The van der Waals surface area contributed by atoms with Gasteiger partial charge in [0, 0.05) is 19.6 Å². The molecule has 0 aromatic rings. The van der Waals surface area contributed by atoms with E-state index in [1.807, 2.05) is 0 Å². The largest absolute Gasteiger partial charge is 0.481 e. The number of carboxylic acid groups (broad SMARTS) is 1. The Morgan fingerprint density at radius 3 is 2.89 bits per heavy atom.